The zero-order valence-corrected chi connectivity index (χ0v) is 14.8. The Morgan fingerprint density at radius 1 is 1.29 bits per heavy atom. The van der Waals surface area contributed by atoms with E-state index in [-0.39, 0.29) is 6.04 Å². The van der Waals surface area contributed by atoms with E-state index in [9.17, 15) is 8.42 Å². The molecule has 21 heavy (non-hydrogen) atoms. The summed E-state index contributed by atoms with van der Waals surface area (Å²) in [7, 11) is -3.31. The highest BCUT2D eigenvalue weighted by Crippen LogP contribution is 2.21. The molecule has 0 aromatic heterocycles. The fourth-order valence-electron chi connectivity index (χ4n) is 2.93. The first-order valence-electron chi connectivity index (χ1n) is 8.06. The van der Waals surface area contributed by atoms with Crippen LogP contribution in [0.3, 0.4) is 0 Å². The molecule has 2 N–H and O–H groups in total. The Kier molecular flexibility index (Phi) is 6.80. The highest BCUT2D eigenvalue weighted by molar-refractivity contribution is 7.99. The molecule has 2 unspecified atom stereocenters. The van der Waals surface area contributed by atoms with Gasteiger partial charge in [-0.3, -0.25) is 0 Å². The van der Waals surface area contributed by atoms with Gasteiger partial charge in [0.2, 0.25) is 0 Å². The predicted molar refractivity (Wildman–Crippen MR) is 89.8 cm³/mol. The number of nitrogens with one attached hydrogen (secondary N) is 2. The van der Waals surface area contributed by atoms with Crippen LogP contribution in [0.4, 0.5) is 0 Å². The molecule has 0 saturated carbocycles. The molecular weight excluding hydrogens is 306 g/mol. The maximum Gasteiger partial charge on any atom is 0.279 e. The molecule has 2 saturated heterocycles. The van der Waals surface area contributed by atoms with E-state index in [2.05, 4.69) is 23.9 Å². The van der Waals surface area contributed by atoms with Crippen molar-refractivity contribution in [1.29, 1.82) is 0 Å². The number of rotatable bonds is 6. The van der Waals surface area contributed by atoms with Gasteiger partial charge < -0.3 is 5.32 Å². The van der Waals surface area contributed by atoms with Crippen molar-refractivity contribution in [3.8, 4) is 0 Å². The van der Waals surface area contributed by atoms with Crippen molar-refractivity contribution in [3.63, 3.8) is 0 Å². The standard InChI is InChI=1S/C14H29N3O2S2/c1-12(2)15-9-13-5-3-7-17(10-13)21(18,19)16-14-6-4-8-20-11-14/h12-16H,3-11H2,1-2H3. The van der Waals surface area contributed by atoms with E-state index in [0.717, 1.165) is 43.7 Å². The third-order valence-corrected chi connectivity index (χ3v) is 6.97. The number of hydrogen-bond donors (Lipinski definition) is 2. The minimum Gasteiger partial charge on any atom is -0.314 e. The molecule has 0 amide bonds. The molecule has 0 aliphatic carbocycles. The summed E-state index contributed by atoms with van der Waals surface area (Å²) >= 11 is 1.85. The minimum absolute atomic E-state index is 0.114. The van der Waals surface area contributed by atoms with E-state index in [4.69, 9.17) is 0 Å². The van der Waals surface area contributed by atoms with Gasteiger partial charge in [-0.25, -0.2) is 0 Å². The molecule has 2 aliphatic heterocycles. The summed E-state index contributed by atoms with van der Waals surface area (Å²) in [6.45, 7) is 6.46. The van der Waals surface area contributed by atoms with E-state index in [0.29, 0.717) is 25.0 Å². The number of thioether (sulfide) groups is 1. The van der Waals surface area contributed by atoms with Gasteiger partial charge in [0.05, 0.1) is 0 Å². The van der Waals surface area contributed by atoms with Gasteiger partial charge in [-0.2, -0.15) is 29.2 Å². The first kappa shape index (κ1) is 17.5. The van der Waals surface area contributed by atoms with Crippen molar-refractivity contribution in [2.75, 3.05) is 31.1 Å². The van der Waals surface area contributed by atoms with Gasteiger partial charge in [0.1, 0.15) is 0 Å². The topological polar surface area (TPSA) is 61.4 Å². The van der Waals surface area contributed by atoms with E-state index in [1.807, 2.05) is 11.8 Å². The molecule has 2 rings (SSSR count). The van der Waals surface area contributed by atoms with Crippen LogP contribution in [0.5, 0.6) is 0 Å². The van der Waals surface area contributed by atoms with Crippen LogP contribution in [0.25, 0.3) is 0 Å². The maximum absolute atomic E-state index is 12.5. The Morgan fingerprint density at radius 3 is 2.76 bits per heavy atom. The summed E-state index contributed by atoms with van der Waals surface area (Å²) < 4.78 is 29.6. The number of piperidine rings is 1. The van der Waals surface area contributed by atoms with Crippen molar-refractivity contribution in [2.24, 2.45) is 5.92 Å². The van der Waals surface area contributed by atoms with Crippen LogP contribution < -0.4 is 10.0 Å². The average Bonchev–Trinajstić information content (AvgIpc) is 2.46. The lowest BCUT2D eigenvalue weighted by Gasteiger charge is -2.34. The Labute approximate surface area is 133 Å². The molecule has 5 nitrogen and oxygen atoms in total. The van der Waals surface area contributed by atoms with Gasteiger partial charge in [-0.05, 0) is 43.9 Å². The summed E-state index contributed by atoms with van der Waals surface area (Å²) in [5.74, 6) is 2.49. The van der Waals surface area contributed by atoms with Gasteiger partial charge in [0.25, 0.3) is 10.2 Å². The summed E-state index contributed by atoms with van der Waals surface area (Å²) in [5.41, 5.74) is 0. The van der Waals surface area contributed by atoms with Crippen LogP contribution in [0.2, 0.25) is 0 Å². The first-order valence-corrected chi connectivity index (χ1v) is 10.7. The van der Waals surface area contributed by atoms with Gasteiger partial charge in [-0.15, -0.1) is 0 Å². The highest BCUT2D eigenvalue weighted by atomic mass is 32.2. The van der Waals surface area contributed by atoms with Gasteiger partial charge >= 0.3 is 0 Å². The lowest BCUT2D eigenvalue weighted by molar-refractivity contribution is 0.253. The molecule has 7 heteroatoms. The third kappa shape index (κ3) is 5.71. The van der Waals surface area contributed by atoms with Crippen LogP contribution in [0.15, 0.2) is 0 Å². The van der Waals surface area contributed by atoms with Crippen molar-refractivity contribution in [1.82, 2.24) is 14.3 Å². The van der Waals surface area contributed by atoms with Gasteiger partial charge in [0, 0.05) is 30.9 Å². The van der Waals surface area contributed by atoms with Crippen LogP contribution in [0, 0.1) is 5.92 Å². The lowest BCUT2D eigenvalue weighted by atomic mass is 9.99. The summed E-state index contributed by atoms with van der Waals surface area (Å²) in [6.07, 6.45) is 4.16. The Morgan fingerprint density at radius 2 is 2.10 bits per heavy atom. The minimum atomic E-state index is -3.31. The molecular formula is C14H29N3O2S2. The smallest absolute Gasteiger partial charge is 0.279 e. The van der Waals surface area contributed by atoms with Crippen LogP contribution in [-0.4, -0.2) is 55.9 Å². The zero-order chi connectivity index (χ0) is 15.3. The second kappa shape index (κ2) is 8.15. The van der Waals surface area contributed by atoms with E-state index in [1.54, 1.807) is 4.31 Å². The van der Waals surface area contributed by atoms with Crippen LogP contribution in [0.1, 0.15) is 39.5 Å². The largest absolute Gasteiger partial charge is 0.314 e. The SMILES string of the molecule is CC(C)NCC1CCCN(S(=O)(=O)NC2CCCSC2)C1. The molecule has 2 heterocycles. The van der Waals surface area contributed by atoms with E-state index < -0.39 is 10.2 Å². The zero-order valence-electron chi connectivity index (χ0n) is 13.2. The number of hydrogen-bond acceptors (Lipinski definition) is 4. The summed E-state index contributed by atoms with van der Waals surface area (Å²) in [5, 5.41) is 3.42. The number of nitrogens with zero attached hydrogens (tertiary/aromatic N) is 1. The molecule has 124 valence electrons. The fraction of sp³-hybridized carbons (Fsp3) is 1.00. The molecule has 0 radical (unpaired) electrons. The van der Waals surface area contributed by atoms with Crippen molar-refractivity contribution in [3.05, 3.63) is 0 Å². The van der Waals surface area contributed by atoms with E-state index in [1.165, 1.54) is 0 Å². The molecule has 2 atom stereocenters. The Balaban J connectivity index is 1.86. The lowest BCUT2D eigenvalue weighted by Crippen LogP contribution is -2.51. The quantitative estimate of drug-likeness (QED) is 0.771. The molecule has 0 bridgehead atoms. The van der Waals surface area contributed by atoms with Crippen LogP contribution in [-0.2, 0) is 10.2 Å². The van der Waals surface area contributed by atoms with Gasteiger partial charge in [-0.1, -0.05) is 13.8 Å². The van der Waals surface area contributed by atoms with Crippen molar-refractivity contribution >= 4 is 22.0 Å². The van der Waals surface area contributed by atoms with Crippen LogP contribution >= 0.6 is 11.8 Å². The molecule has 2 aliphatic rings. The average molecular weight is 336 g/mol. The second-order valence-electron chi connectivity index (χ2n) is 6.47. The molecule has 0 aromatic carbocycles. The Bertz CT molecular complexity index is 408. The molecule has 2 fully saturated rings. The van der Waals surface area contributed by atoms with Gasteiger partial charge in [0.15, 0.2) is 0 Å². The van der Waals surface area contributed by atoms with E-state index >= 15 is 0 Å². The first-order chi connectivity index (χ1) is 9.97. The van der Waals surface area contributed by atoms with Crippen molar-refractivity contribution < 1.29 is 8.42 Å². The molecule has 0 spiro atoms. The second-order valence-corrected chi connectivity index (χ2v) is 9.32. The third-order valence-electron chi connectivity index (χ3n) is 4.11. The fourth-order valence-corrected chi connectivity index (χ4v) is 5.66. The predicted octanol–water partition coefficient (Wildman–Crippen LogP) is 1.43. The summed E-state index contributed by atoms with van der Waals surface area (Å²) in [6, 6.07) is 0.567. The maximum atomic E-state index is 12.5. The van der Waals surface area contributed by atoms with Crippen molar-refractivity contribution in [2.45, 2.75) is 51.6 Å². The summed E-state index contributed by atoms with van der Waals surface area (Å²) in [4.78, 5) is 0. The monoisotopic (exact) mass is 335 g/mol. The normalized spacial score (nSPS) is 28.9. The highest BCUT2D eigenvalue weighted by Gasteiger charge is 2.30. The molecule has 0 aromatic rings. The Hall–Kier alpha value is 0.180.